The summed E-state index contributed by atoms with van der Waals surface area (Å²) >= 11 is 0. The Morgan fingerprint density at radius 3 is 2.59 bits per heavy atom. The smallest absolute Gasteiger partial charge is 0.323 e. The highest BCUT2D eigenvalue weighted by atomic mass is 16.5. The molecule has 120 valence electrons. The van der Waals surface area contributed by atoms with Crippen LogP contribution in [0.4, 0.5) is 0 Å². The topological polar surface area (TPSA) is 66.8 Å². The monoisotopic (exact) mass is 305 g/mol. The molecule has 5 nitrogen and oxygen atoms in total. The molecule has 1 aliphatic rings. The van der Waals surface area contributed by atoms with Crippen LogP contribution in [0.2, 0.25) is 0 Å². The Kier molecular flexibility index (Phi) is 5.95. The second kappa shape index (κ2) is 7.94. The van der Waals surface area contributed by atoms with Crippen LogP contribution in [-0.4, -0.2) is 40.6 Å². The third kappa shape index (κ3) is 5.15. The van der Waals surface area contributed by atoms with Gasteiger partial charge in [-0.25, -0.2) is 0 Å². The Hall–Kier alpha value is -1.88. The van der Waals surface area contributed by atoms with Crippen LogP contribution >= 0.6 is 0 Å². The lowest BCUT2D eigenvalue weighted by atomic mass is 10.1. The van der Waals surface area contributed by atoms with Crippen LogP contribution in [0.1, 0.15) is 38.2 Å². The molecule has 1 aliphatic heterocycles. The van der Waals surface area contributed by atoms with Crippen LogP contribution < -0.4 is 0 Å². The first-order valence-corrected chi connectivity index (χ1v) is 7.73. The molecule has 0 saturated carbocycles. The highest BCUT2D eigenvalue weighted by Gasteiger charge is 2.24. The van der Waals surface area contributed by atoms with E-state index in [2.05, 4.69) is 0 Å². The maximum absolute atomic E-state index is 12.3. The molecule has 0 aromatic heterocycles. The lowest BCUT2D eigenvalue weighted by Gasteiger charge is -2.21. The minimum absolute atomic E-state index is 0.127. The summed E-state index contributed by atoms with van der Waals surface area (Å²) in [6, 6.07) is 9.44. The van der Waals surface area contributed by atoms with Gasteiger partial charge in [-0.2, -0.15) is 0 Å². The molecule has 0 bridgehead atoms. The first-order valence-electron chi connectivity index (χ1n) is 7.73. The Balaban J connectivity index is 1.89. The van der Waals surface area contributed by atoms with E-state index in [-0.39, 0.29) is 24.7 Å². The summed E-state index contributed by atoms with van der Waals surface area (Å²) in [7, 11) is 0. The highest BCUT2D eigenvalue weighted by Crippen LogP contribution is 2.23. The minimum atomic E-state index is -0.991. The number of aliphatic carboxylic acids is 1. The molecule has 1 amide bonds. The van der Waals surface area contributed by atoms with Gasteiger partial charge in [-0.3, -0.25) is 9.59 Å². The molecule has 2 rings (SSSR count). The predicted molar refractivity (Wildman–Crippen MR) is 82.3 cm³/mol. The number of hydrogen-bond acceptors (Lipinski definition) is 3. The second-order valence-electron chi connectivity index (χ2n) is 5.81. The van der Waals surface area contributed by atoms with Crippen molar-refractivity contribution < 1.29 is 19.4 Å². The van der Waals surface area contributed by atoms with Crippen molar-refractivity contribution in [3.8, 4) is 0 Å². The number of carboxylic acid groups (broad SMARTS) is 1. The number of carbonyl (C=O) groups excluding carboxylic acids is 1. The molecule has 1 saturated heterocycles. The summed E-state index contributed by atoms with van der Waals surface area (Å²) in [5, 5.41) is 9.01. The van der Waals surface area contributed by atoms with E-state index in [1.807, 2.05) is 37.3 Å². The normalized spacial score (nSPS) is 20.8. The molecular formula is C17H23NO4. The van der Waals surface area contributed by atoms with Gasteiger partial charge >= 0.3 is 5.97 Å². The number of nitrogens with zero attached hydrogens (tertiary/aromatic N) is 1. The van der Waals surface area contributed by atoms with Crippen molar-refractivity contribution >= 4 is 11.9 Å². The number of benzene rings is 1. The van der Waals surface area contributed by atoms with Crippen LogP contribution in [0.25, 0.3) is 0 Å². The van der Waals surface area contributed by atoms with Gasteiger partial charge in [-0.15, -0.1) is 0 Å². The quantitative estimate of drug-likeness (QED) is 0.840. The Bertz CT molecular complexity index is 503. The maximum atomic E-state index is 12.3. The SMILES string of the molecule is CC1CCC(CCC(=O)N(CC(=O)O)Cc2ccccc2)O1. The van der Waals surface area contributed by atoms with Gasteiger partial charge in [0.2, 0.25) is 5.91 Å². The molecule has 1 heterocycles. The van der Waals surface area contributed by atoms with Gasteiger partial charge in [-0.05, 0) is 31.7 Å². The predicted octanol–water partition coefficient (Wildman–Crippen LogP) is 2.45. The molecule has 1 fully saturated rings. The van der Waals surface area contributed by atoms with Crippen molar-refractivity contribution in [2.45, 2.75) is 51.4 Å². The molecule has 2 unspecified atom stereocenters. The first kappa shape index (κ1) is 16.5. The third-order valence-corrected chi connectivity index (χ3v) is 3.90. The molecule has 1 aromatic rings. The van der Waals surface area contributed by atoms with Crippen LogP contribution in [0.3, 0.4) is 0 Å². The van der Waals surface area contributed by atoms with Crippen molar-refractivity contribution in [1.82, 2.24) is 4.90 Å². The summed E-state index contributed by atoms with van der Waals surface area (Å²) in [6.45, 7) is 2.09. The van der Waals surface area contributed by atoms with E-state index in [9.17, 15) is 9.59 Å². The van der Waals surface area contributed by atoms with Crippen molar-refractivity contribution in [2.24, 2.45) is 0 Å². The maximum Gasteiger partial charge on any atom is 0.323 e. The lowest BCUT2D eigenvalue weighted by molar-refractivity contribution is -0.145. The van der Waals surface area contributed by atoms with Gasteiger partial charge in [-0.1, -0.05) is 30.3 Å². The van der Waals surface area contributed by atoms with Gasteiger partial charge in [0.15, 0.2) is 0 Å². The largest absolute Gasteiger partial charge is 0.480 e. The molecule has 0 radical (unpaired) electrons. The van der Waals surface area contributed by atoms with E-state index in [0.29, 0.717) is 19.4 Å². The first-order chi connectivity index (χ1) is 10.5. The zero-order valence-electron chi connectivity index (χ0n) is 12.9. The zero-order valence-corrected chi connectivity index (χ0v) is 12.9. The van der Waals surface area contributed by atoms with Gasteiger partial charge in [0.25, 0.3) is 0 Å². The number of carbonyl (C=O) groups is 2. The Labute approximate surface area is 130 Å². The van der Waals surface area contributed by atoms with Crippen LogP contribution in [0, 0.1) is 0 Å². The van der Waals surface area contributed by atoms with Gasteiger partial charge in [0.1, 0.15) is 6.54 Å². The molecule has 0 spiro atoms. The van der Waals surface area contributed by atoms with Crippen molar-refractivity contribution in [1.29, 1.82) is 0 Å². The summed E-state index contributed by atoms with van der Waals surface area (Å²) in [5.41, 5.74) is 0.933. The molecule has 0 aliphatic carbocycles. The van der Waals surface area contributed by atoms with Gasteiger partial charge in [0, 0.05) is 13.0 Å². The standard InChI is InChI=1S/C17H23NO4/c1-13-7-8-15(22-13)9-10-16(19)18(12-17(20)21)11-14-5-3-2-4-6-14/h2-6,13,15H,7-12H2,1H3,(H,20,21). The average molecular weight is 305 g/mol. The van der Waals surface area contributed by atoms with E-state index in [0.717, 1.165) is 18.4 Å². The summed E-state index contributed by atoms with van der Waals surface area (Å²) < 4.78 is 5.70. The molecule has 2 atom stereocenters. The summed E-state index contributed by atoms with van der Waals surface area (Å²) in [4.78, 5) is 24.7. The van der Waals surface area contributed by atoms with Gasteiger partial charge < -0.3 is 14.7 Å². The Morgan fingerprint density at radius 2 is 2.00 bits per heavy atom. The fourth-order valence-corrected chi connectivity index (χ4v) is 2.74. The zero-order chi connectivity index (χ0) is 15.9. The summed E-state index contributed by atoms with van der Waals surface area (Å²) in [5.74, 6) is -1.12. The second-order valence-corrected chi connectivity index (χ2v) is 5.81. The molecule has 5 heteroatoms. The third-order valence-electron chi connectivity index (χ3n) is 3.90. The van der Waals surface area contributed by atoms with Crippen molar-refractivity contribution in [3.63, 3.8) is 0 Å². The minimum Gasteiger partial charge on any atom is -0.480 e. The van der Waals surface area contributed by atoms with Crippen LogP contribution in [0.5, 0.6) is 0 Å². The van der Waals surface area contributed by atoms with E-state index < -0.39 is 5.97 Å². The highest BCUT2D eigenvalue weighted by molar-refractivity contribution is 5.81. The molecule has 1 aromatic carbocycles. The van der Waals surface area contributed by atoms with Crippen LogP contribution in [-0.2, 0) is 20.9 Å². The fourth-order valence-electron chi connectivity index (χ4n) is 2.74. The summed E-state index contributed by atoms with van der Waals surface area (Å²) in [6.07, 6.45) is 3.39. The van der Waals surface area contributed by atoms with Gasteiger partial charge in [0.05, 0.1) is 12.2 Å². The lowest BCUT2D eigenvalue weighted by Crippen LogP contribution is -2.35. The average Bonchev–Trinajstić information content (AvgIpc) is 2.90. The van der Waals surface area contributed by atoms with Crippen LogP contribution in [0.15, 0.2) is 30.3 Å². The molecule has 1 N–H and O–H groups in total. The van der Waals surface area contributed by atoms with Crippen molar-refractivity contribution in [2.75, 3.05) is 6.54 Å². The number of hydrogen-bond donors (Lipinski definition) is 1. The van der Waals surface area contributed by atoms with Crippen molar-refractivity contribution in [3.05, 3.63) is 35.9 Å². The van der Waals surface area contributed by atoms with E-state index in [4.69, 9.17) is 9.84 Å². The number of amides is 1. The fraction of sp³-hybridized carbons (Fsp3) is 0.529. The Morgan fingerprint density at radius 1 is 1.27 bits per heavy atom. The molecular weight excluding hydrogens is 282 g/mol. The van der Waals surface area contributed by atoms with E-state index in [1.165, 1.54) is 4.90 Å². The number of rotatable bonds is 7. The van der Waals surface area contributed by atoms with E-state index >= 15 is 0 Å². The number of ether oxygens (including phenoxy) is 1. The van der Waals surface area contributed by atoms with E-state index in [1.54, 1.807) is 0 Å². The number of carboxylic acids is 1. The molecule has 22 heavy (non-hydrogen) atoms.